The number of amides is 2. The van der Waals surface area contributed by atoms with Crippen LogP contribution in [-0.4, -0.2) is 37.1 Å². The van der Waals surface area contributed by atoms with Gasteiger partial charge in [0.05, 0.1) is 17.7 Å². The number of carbonyl (C=O) groups is 2. The highest BCUT2D eigenvalue weighted by molar-refractivity contribution is 5.94. The zero-order valence-electron chi connectivity index (χ0n) is 15.7. The second-order valence-corrected chi connectivity index (χ2v) is 7.58. The molecule has 0 aliphatic heterocycles. The number of ether oxygens (including phenoxy) is 1. The first-order chi connectivity index (χ1) is 13.3. The largest absolute Gasteiger partial charge is 0.416 e. The van der Waals surface area contributed by atoms with Crippen LogP contribution in [0.25, 0.3) is 0 Å². The number of halogens is 3. The van der Waals surface area contributed by atoms with Crippen LogP contribution in [0.2, 0.25) is 0 Å². The van der Waals surface area contributed by atoms with Crippen molar-refractivity contribution >= 4 is 11.8 Å². The Morgan fingerprint density at radius 3 is 2.46 bits per heavy atom. The van der Waals surface area contributed by atoms with Gasteiger partial charge in [0.25, 0.3) is 5.91 Å². The summed E-state index contributed by atoms with van der Waals surface area (Å²) in [6.07, 6.45) is -0.00839. The Balaban J connectivity index is 1.66. The Kier molecular flexibility index (Phi) is 6.27. The maximum atomic E-state index is 12.9. The SMILES string of the molecule is CO[C@@H]1CC[C@H](C(=O)NC2CCC2)C[C@H]1NC(=O)c1cccc(C(F)(F)F)c1. The molecular formula is C20H25F3N2O3. The lowest BCUT2D eigenvalue weighted by molar-refractivity contribution is -0.137. The molecule has 0 radical (unpaired) electrons. The Labute approximate surface area is 162 Å². The fraction of sp³-hybridized carbons (Fsp3) is 0.600. The van der Waals surface area contributed by atoms with E-state index in [2.05, 4.69) is 10.6 Å². The van der Waals surface area contributed by atoms with Crippen molar-refractivity contribution in [1.29, 1.82) is 0 Å². The molecule has 2 saturated carbocycles. The van der Waals surface area contributed by atoms with Gasteiger partial charge >= 0.3 is 6.18 Å². The molecule has 3 atom stereocenters. The summed E-state index contributed by atoms with van der Waals surface area (Å²) < 4.78 is 44.1. The molecule has 8 heteroatoms. The van der Waals surface area contributed by atoms with Crippen LogP contribution in [0, 0.1) is 5.92 Å². The summed E-state index contributed by atoms with van der Waals surface area (Å²) in [6.45, 7) is 0. The molecule has 0 heterocycles. The zero-order chi connectivity index (χ0) is 20.3. The van der Waals surface area contributed by atoms with E-state index in [1.54, 1.807) is 0 Å². The topological polar surface area (TPSA) is 67.4 Å². The van der Waals surface area contributed by atoms with Crippen molar-refractivity contribution in [3.63, 3.8) is 0 Å². The van der Waals surface area contributed by atoms with Crippen molar-refractivity contribution in [2.75, 3.05) is 7.11 Å². The molecule has 2 fully saturated rings. The minimum Gasteiger partial charge on any atom is -0.379 e. The van der Waals surface area contributed by atoms with E-state index in [1.165, 1.54) is 19.2 Å². The molecule has 28 heavy (non-hydrogen) atoms. The number of rotatable bonds is 5. The highest BCUT2D eigenvalue weighted by Gasteiger charge is 2.36. The average molecular weight is 398 g/mol. The Hall–Kier alpha value is -2.09. The molecule has 154 valence electrons. The van der Waals surface area contributed by atoms with Crippen molar-refractivity contribution in [2.24, 2.45) is 5.92 Å². The van der Waals surface area contributed by atoms with Crippen LogP contribution in [0.15, 0.2) is 24.3 Å². The molecule has 2 N–H and O–H groups in total. The molecule has 0 spiro atoms. The van der Waals surface area contributed by atoms with Crippen LogP contribution < -0.4 is 10.6 Å². The average Bonchev–Trinajstić information content (AvgIpc) is 2.63. The van der Waals surface area contributed by atoms with E-state index in [-0.39, 0.29) is 29.5 Å². The summed E-state index contributed by atoms with van der Waals surface area (Å²) in [6, 6.07) is 4.12. The smallest absolute Gasteiger partial charge is 0.379 e. The summed E-state index contributed by atoms with van der Waals surface area (Å²) in [5.41, 5.74) is -0.935. The molecule has 0 saturated heterocycles. The van der Waals surface area contributed by atoms with E-state index in [4.69, 9.17) is 4.74 Å². The molecule has 2 aliphatic rings. The molecule has 2 amide bonds. The highest BCUT2D eigenvalue weighted by atomic mass is 19.4. The van der Waals surface area contributed by atoms with E-state index in [0.717, 1.165) is 31.4 Å². The van der Waals surface area contributed by atoms with Gasteiger partial charge in [0.2, 0.25) is 5.91 Å². The van der Waals surface area contributed by atoms with Gasteiger partial charge in [-0.1, -0.05) is 6.07 Å². The molecule has 0 bridgehead atoms. The van der Waals surface area contributed by atoms with Crippen LogP contribution >= 0.6 is 0 Å². The molecule has 1 aromatic rings. The Morgan fingerprint density at radius 2 is 1.86 bits per heavy atom. The lowest BCUT2D eigenvalue weighted by atomic mass is 9.82. The lowest BCUT2D eigenvalue weighted by Crippen LogP contribution is -2.51. The summed E-state index contributed by atoms with van der Waals surface area (Å²) in [7, 11) is 1.53. The minimum absolute atomic E-state index is 0.0161. The fourth-order valence-electron chi connectivity index (χ4n) is 3.78. The monoisotopic (exact) mass is 398 g/mol. The van der Waals surface area contributed by atoms with E-state index < -0.39 is 23.7 Å². The number of alkyl halides is 3. The summed E-state index contributed by atoms with van der Waals surface area (Å²) in [5.74, 6) is -0.852. The number of carbonyl (C=O) groups excluding carboxylic acids is 2. The number of methoxy groups -OCH3 is 1. The third kappa shape index (κ3) is 4.84. The predicted octanol–water partition coefficient (Wildman–Crippen LogP) is 3.29. The van der Waals surface area contributed by atoms with E-state index in [9.17, 15) is 22.8 Å². The maximum absolute atomic E-state index is 12.9. The van der Waals surface area contributed by atoms with Gasteiger partial charge in [-0.2, -0.15) is 13.2 Å². The first-order valence-electron chi connectivity index (χ1n) is 9.59. The Morgan fingerprint density at radius 1 is 1.11 bits per heavy atom. The highest BCUT2D eigenvalue weighted by Crippen LogP contribution is 2.30. The molecule has 0 unspecified atom stereocenters. The third-order valence-corrected chi connectivity index (χ3v) is 5.68. The lowest BCUT2D eigenvalue weighted by Gasteiger charge is -2.36. The normalized spacial score (nSPS) is 25.6. The van der Waals surface area contributed by atoms with Gasteiger partial charge in [0, 0.05) is 24.6 Å². The number of benzene rings is 1. The molecule has 0 aromatic heterocycles. The third-order valence-electron chi connectivity index (χ3n) is 5.68. The van der Waals surface area contributed by atoms with Crippen molar-refractivity contribution in [3.05, 3.63) is 35.4 Å². The van der Waals surface area contributed by atoms with E-state index >= 15 is 0 Å². The van der Waals surface area contributed by atoms with E-state index in [1.807, 2.05) is 0 Å². The second-order valence-electron chi connectivity index (χ2n) is 7.58. The summed E-state index contributed by atoms with van der Waals surface area (Å²) >= 11 is 0. The predicted molar refractivity (Wildman–Crippen MR) is 96.6 cm³/mol. The van der Waals surface area contributed by atoms with Gasteiger partial charge in [-0.25, -0.2) is 0 Å². The van der Waals surface area contributed by atoms with Crippen LogP contribution in [-0.2, 0) is 15.7 Å². The van der Waals surface area contributed by atoms with Crippen molar-refractivity contribution in [1.82, 2.24) is 10.6 Å². The van der Waals surface area contributed by atoms with Gasteiger partial charge in [0.1, 0.15) is 0 Å². The van der Waals surface area contributed by atoms with Crippen molar-refractivity contribution in [3.8, 4) is 0 Å². The van der Waals surface area contributed by atoms with E-state index in [0.29, 0.717) is 19.3 Å². The van der Waals surface area contributed by atoms with Crippen LogP contribution in [0.5, 0.6) is 0 Å². The molecule has 5 nitrogen and oxygen atoms in total. The van der Waals surface area contributed by atoms with Crippen LogP contribution in [0.4, 0.5) is 13.2 Å². The minimum atomic E-state index is -4.51. The summed E-state index contributed by atoms with van der Waals surface area (Å²) in [5, 5.41) is 5.80. The zero-order valence-corrected chi connectivity index (χ0v) is 15.7. The number of hydrogen-bond donors (Lipinski definition) is 2. The first kappa shape index (κ1) is 20.6. The molecule has 2 aliphatic carbocycles. The summed E-state index contributed by atoms with van der Waals surface area (Å²) in [4.78, 5) is 25.0. The fourth-order valence-corrected chi connectivity index (χ4v) is 3.78. The Bertz CT molecular complexity index is 719. The van der Waals surface area contributed by atoms with Crippen molar-refractivity contribution in [2.45, 2.75) is 62.9 Å². The van der Waals surface area contributed by atoms with Gasteiger partial charge in [-0.05, 0) is 56.7 Å². The van der Waals surface area contributed by atoms with Gasteiger partial charge < -0.3 is 15.4 Å². The van der Waals surface area contributed by atoms with Crippen molar-refractivity contribution < 1.29 is 27.5 Å². The molecule has 3 rings (SSSR count). The standard InChI is InChI=1S/C20H25F3N2O3/c1-28-17-9-8-13(18(26)24-15-6-3-7-15)11-16(17)25-19(27)12-4-2-5-14(10-12)20(21,22)23/h2,4-5,10,13,15-17H,3,6-9,11H2,1H3,(H,24,26)(H,25,27)/t13-,16+,17+/m0/s1. The maximum Gasteiger partial charge on any atom is 0.416 e. The molecular weight excluding hydrogens is 373 g/mol. The van der Waals surface area contributed by atoms with Crippen LogP contribution in [0.1, 0.15) is 54.4 Å². The van der Waals surface area contributed by atoms with Gasteiger partial charge in [-0.15, -0.1) is 0 Å². The van der Waals surface area contributed by atoms with Gasteiger partial charge in [-0.3, -0.25) is 9.59 Å². The number of nitrogens with one attached hydrogen (secondary N) is 2. The van der Waals surface area contributed by atoms with Crippen LogP contribution in [0.3, 0.4) is 0 Å². The molecule has 1 aromatic carbocycles. The quantitative estimate of drug-likeness (QED) is 0.800. The first-order valence-corrected chi connectivity index (χ1v) is 9.59. The second kappa shape index (κ2) is 8.51. The van der Waals surface area contributed by atoms with Gasteiger partial charge in [0.15, 0.2) is 0 Å². The number of hydrogen-bond acceptors (Lipinski definition) is 3.